The van der Waals surface area contributed by atoms with Gasteiger partial charge in [-0.3, -0.25) is 4.79 Å². The monoisotopic (exact) mass is 409 g/mol. The van der Waals surface area contributed by atoms with Gasteiger partial charge in [-0.1, -0.05) is 66.2 Å². The highest BCUT2D eigenvalue weighted by Crippen LogP contribution is 2.28. The fourth-order valence-electron chi connectivity index (χ4n) is 2.75. The van der Waals surface area contributed by atoms with Gasteiger partial charge in [0.25, 0.3) is 5.91 Å². The maximum absolute atomic E-state index is 13.0. The third-order valence-corrected chi connectivity index (χ3v) is 4.43. The summed E-state index contributed by atoms with van der Waals surface area (Å²) >= 11 is 6.10. The molecule has 1 atom stereocenters. The average Bonchev–Trinajstić information content (AvgIpc) is 2.74. The topological polar surface area (TPSA) is 64.6 Å². The molecule has 0 aliphatic heterocycles. The molecule has 0 aliphatic rings. The van der Waals surface area contributed by atoms with E-state index in [0.717, 1.165) is 0 Å². The molecule has 1 N–H and O–H groups in total. The first kappa shape index (κ1) is 20.4. The summed E-state index contributed by atoms with van der Waals surface area (Å²) in [6.45, 7) is 2.31. The first-order chi connectivity index (χ1) is 14.1. The Bertz CT molecular complexity index is 991. The maximum atomic E-state index is 13.0. The number of hydrogen-bond donors (Lipinski definition) is 1. The molecule has 5 nitrogen and oxygen atoms in total. The van der Waals surface area contributed by atoms with E-state index in [1.54, 1.807) is 66.7 Å². The second-order valence-corrected chi connectivity index (χ2v) is 6.50. The summed E-state index contributed by atoms with van der Waals surface area (Å²) in [6, 6.07) is 22.4. The second-order valence-electron chi connectivity index (χ2n) is 6.09. The predicted molar refractivity (Wildman–Crippen MR) is 112 cm³/mol. The molecule has 0 aromatic heterocycles. The molecule has 6 heteroatoms. The number of esters is 1. The van der Waals surface area contributed by atoms with Crippen molar-refractivity contribution >= 4 is 29.2 Å². The molecule has 3 aromatic rings. The summed E-state index contributed by atoms with van der Waals surface area (Å²) in [5.74, 6) is -0.644. The molecule has 0 saturated heterocycles. The van der Waals surface area contributed by atoms with E-state index in [4.69, 9.17) is 21.1 Å². The minimum atomic E-state index is -1.16. The molecule has 0 unspecified atom stereocenters. The van der Waals surface area contributed by atoms with Gasteiger partial charge in [-0.25, -0.2) is 4.79 Å². The Balaban J connectivity index is 1.87. The Kier molecular flexibility index (Phi) is 6.87. The smallest absolute Gasteiger partial charge is 0.340 e. The third kappa shape index (κ3) is 5.15. The van der Waals surface area contributed by atoms with Crippen molar-refractivity contribution < 1.29 is 19.1 Å². The summed E-state index contributed by atoms with van der Waals surface area (Å²) in [4.78, 5) is 25.7. The van der Waals surface area contributed by atoms with E-state index in [1.807, 2.05) is 19.1 Å². The first-order valence-electron chi connectivity index (χ1n) is 9.13. The highest BCUT2D eigenvalue weighted by molar-refractivity contribution is 6.33. The SMILES string of the molecule is CCOc1ccccc1NC(=O)[C@H](OC(=O)c1ccccc1Cl)c1ccccc1. The lowest BCUT2D eigenvalue weighted by Crippen LogP contribution is -2.26. The molecule has 0 fully saturated rings. The fraction of sp³-hybridized carbons (Fsp3) is 0.130. The summed E-state index contributed by atoms with van der Waals surface area (Å²) in [6.07, 6.45) is -1.16. The van der Waals surface area contributed by atoms with Crippen LogP contribution in [0.25, 0.3) is 0 Å². The van der Waals surface area contributed by atoms with Crippen LogP contribution in [0, 0.1) is 0 Å². The number of anilines is 1. The van der Waals surface area contributed by atoms with Crippen LogP contribution in [0.15, 0.2) is 78.9 Å². The van der Waals surface area contributed by atoms with Crippen LogP contribution in [0.1, 0.15) is 28.9 Å². The molecule has 0 heterocycles. The normalized spacial score (nSPS) is 11.4. The van der Waals surface area contributed by atoms with Gasteiger partial charge in [-0.15, -0.1) is 0 Å². The van der Waals surface area contributed by atoms with Crippen LogP contribution in [0.2, 0.25) is 5.02 Å². The van der Waals surface area contributed by atoms with Gasteiger partial charge < -0.3 is 14.8 Å². The number of halogens is 1. The quantitative estimate of drug-likeness (QED) is 0.539. The summed E-state index contributed by atoms with van der Waals surface area (Å²) in [7, 11) is 0. The Morgan fingerprint density at radius 1 is 0.931 bits per heavy atom. The molecule has 0 radical (unpaired) electrons. The van der Waals surface area contributed by atoms with Gasteiger partial charge in [0.05, 0.1) is 22.9 Å². The van der Waals surface area contributed by atoms with E-state index in [0.29, 0.717) is 23.6 Å². The van der Waals surface area contributed by atoms with Gasteiger partial charge >= 0.3 is 5.97 Å². The largest absolute Gasteiger partial charge is 0.492 e. The zero-order chi connectivity index (χ0) is 20.6. The Morgan fingerprint density at radius 3 is 2.31 bits per heavy atom. The molecular formula is C23H20ClNO4. The molecule has 0 spiro atoms. The fourth-order valence-corrected chi connectivity index (χ4v) is 2.96. The summed E-state index contributed by atoms with van der Waals surface area (Å²) < 4.78 is 11.1. The number of rotatable bonds is 7. The zero-order valence-corrected chi connectivity index (χ0v) is 16.6. The van der Waals surface area contributed by atoms with Crippen molar-refractivity contribution in [2.24, 2.45) is 0 Å². The Labute approximate surface area is 174 Å². The van der Waals surface area contributed by atoms with Crippen LogP contribution < -0.4 is 10.1 Å². The average molecular weight is 410 g/mol. The van der Waals surface area contributed by atoms with Gasteiger partial charge in [0, 0.05) is 5.56 Å². The van der Waals surface area contributed by atoms with Crippen LogP contribution in [-0.4, -0.2) is 18.5 Å². The Hall–Kier alpha value is -3.31. The predicted octanol–water partition coefficient (Wildman–Crippen LogP) is 5.28. The van der Waals surface area contributed by atoms with Crippen molar-refractivity contribution in [3.63, 3.8) is 0 Å². The maximum Gasteiger partial charge on any atom is 0.340 e. The lowest BCUT2D eigenvalue weighted by molar-refractivity contribution is -0.125. The molecule has 0 aliphatic carbocycles. The number of carbonyl (C=O) groups excluding carboxylic acids is 2. The van der Waals surface area contributed by atoms with Crippen LogP contribution in [0.5, 0.6) is 5.75 Å². The molecule has 3 rings (SSSR count). The molecule has 1 amide bonds. The van der Waals surface area contributed by atoms with Crippen molar-refractivity contribution in [1.82, 2.24) is 0 Å². The number of amides is 1. The molecular weight excluding hydrogens is 390 g/mol. The van der Waals surface area contributed by atoms with E-state index in [2.05, 4.69) is 5.32 Å². The van der Waals surface area contributed by atoms with Crippen molar-refractivity contribution in [1.29, 1.82) is 0 Å². The van der Waals surface area contributed by atoms with Gasteiger partial charge in [0.15, 0.2) is 0 Å². The van der Waals surface area contributed by atoms with E-state index >= 15 is 0 Å². The van der Waals surface area contributed by atoms with Gasteiger partial charge in [-0.2, -0.15) is 0 Å². The molecule has 29 heavy (non-hydrogen) atoms. The molecule has 0 bridgehead atoms. The molecule has 3 aromatic carbocycles. The third-order valence-electron chi connectivity index (χ3n) is 4.10. The van der Waals surface area contributed by atoms with E-state index < -0.39 is 18.0 Å². The number of benzene rings is 3. The number of nitrogens with one attached hydrogen (secondary N) is 1. The molecule has 0 saturated carbocycles. The number of para-hydroxylation sites is 2. The number of hydrogen-bond acceptors (Lipinski definition) is 4. The Morgan fingerprint density at radius 2 is 1.59 bits per heavy atom. The minimum Gasteiger partial charge on any atom is -0.492 e. The minimum absolute atomic E-state index is 0.192. The lowest BCUT2D eigenvalue weighted by Gasteiger charge is -2.19. The first-order valence-corrected chi connectivity index (χ1v) is 9.51. The highest BCUT2D eigenvalue weighted by Gasteiger charge is 2.27. The van der Waals surface area contributed by atoms with Crippen LogP contribution in [-0.2, 0) is 9.53 Å². The standard InChI is InChI=1S/C23H20ClNO4/c1-2-28-20-15-9-8-14-19(20)25-22(26)21(16-10-4-3-5-11-16)29-23(27)17-12-6-7-13-18(17)24/h3-15,21H,2H2,1H3,(H,25,26)/t21-/m1/s1. The van der Waals surface area contributed by atoms with Gasteiger partial charge in [-0.05, 0) is 31.2 Å². The lowest BCUT2D eigenvalue weighted by atomic mass is 10.1. The van der Waals surface area contributed by atoms with Crippen LogP contribution >= 0.6 is 11.6 Å². The van der Waals surface area contributed by atoms with Gasteiger partial charge in [0.1, 0.15) is 5.75 Å². The van der Waals surface area contributed by atoms with Crippen molar-refractivity contribution in [3.05, 3.63) is 95.0 Å². The van der Waals surface area contributed by atoms with Gasteiger partial charge in [0.2, 0.25) is 6.10 Å². The van der Waals surface area contributed by atoms with Crippen molar-refractivity contribution in [2.45, 2.75) is 13.0 Å². The zero-order valence-electron chi connectivity index (χ0n) is 15.8. The van der Waals surface area contributed by atoms with Crippen molar-refractivity contribution in [2.75, 3.05) is 11.9 Å². The summed E-state index contributed by atoms with van der Waals surface area (Å²) in [5, 5.41) is 3.05. The second kappa shape index (κ2) is 9.75. The summed E-state index contributed by atoms with van der Waals surface area (Å²) in [5.41, 5.74) is 1.23. The van der Waals surface area contributed by atoms with E-state index in [9.17, 15) is 9.59 Å². The van der Waals surface area contributed by atoms with Crippen LogP contribution in [0.3, 0.4) is 0 Å². The molecule has 148 valence electrons. The highest BCUT2D eigenvalue weighted by atomic mass is 35.5. The number of carbonyl (C=O) groups is 2. The van der Waals surface area contributed by atoms with E-state index in [-0.39, 0.29) is 10.6 Å². The number of ether oxygens (including phenoxy) is 2. The van der Waals surface area contributed by atoms with Crippen LogP contribution in [0.4, 0.5) is 5.69 Å². The van der Waals surface area contributed by atoms with Crippen molar-refractivity contribution in [3.8, 4) is 5.75 Å². The van der Waals surface area contributed by atoms with E-state index in [1.165, 1.54) is 0 Å².